The summed E-state index contributed by atoms with van der Waals surface area (Å²) in [6, 6.07) is 12.9. The number of halogens is 4. The molecule has 4 rings (SSSR count). The number of amides is 1. The van der Waals surface area contributed by atoms with Gasteiger partial charge in [-0.1, -0.05) is 62.2 Å². The first-order valence-electron chi connectivity index (χ1n) is 13.1. The molecule has 8 heteroatoms. The fourth-order valence-corrected chi connectivity index (χ4v) is 6.23. The average Bonchev–Trinajstić information content (AvgIpc) is 3.17. The molecule has 1 aliphatic heterocycles. The van der Waals surface area contributed by atoms with E-state index in [2.05, 4.69) is 16.7 Å². The van der Waals surface area contributed by atoms with Crippen molar-refractivity contribution >= 4 is 34.8 Å². The number of benzene rings is 3. The molecule has 4 atom stereocenters. The number of anilines is 1. The number of aryl methyl sites for hydroxylation is 2. The van der Waals surface area contributed by atoms with E-state index in [4.69, 9.17) is 23.2 Å². The van der Waals surface area contributed by atoms with Crippen LogP contribution in [0.4, 0.5) is 14.5 Å². The average molecular weight is 585 g/mol. The second-order valence-corrected chi connectivity index (χ2v) is 12.8. The molecule has 3 aromatic rings. The van der Waals surface area contributed by atoms with E-state index in [0.717, 1.165) is 22.8 Å². The van der Waals surface area contributed by atoms with E-state index in [-0.39, 0.29) is 26.6 Å². The monoisotopic (exact) mass is 583 g/mol. The van der Waals surface area contributed by atoms with Crippen LogP contribution in [0.5, 0.6) is 0 Å². The van der Waals surface area contributed by atoms with E-state index in [1.54, 1.807) is 6.07 Å². The molecule has 1 saturated heterocycles. The minimum Gasteiger partial charge on any atom is -0.325 e. The third-order valence-corrected chi connectivity index (χ3v) is 8.45. The Labute approximate surface area is 244 Å². The quantitative estimate of drug-likeness (QED) is 0.318. The van der Waals surface area contributed by atoms with E-state index < -0.39 is 41.0 Å². The van der Waals surface area contributed by atoms with Gasteiger partial charge in [0.15, 0.2) is 0 Å². The first-order chi connectivity index (χ1) is 18.7. The number of hydrogen-bond donors (Lipinski definition) is 2. The molecule has 0 aromatic heterocycles. The molecule has 4 unspecified atom stereocenters. The third-order valence-electron chi connectivity index (χ3n) is 7.93. The number of rotatable bonds is 5. The molecule has 4 nitrogen and oxygen atoms in total. The van der Waals surface area contributed by atoms with Crippen LogP contribution >= 0.6 is 23.2 Å². The molecule has 1 amide bonds. The Morgan fingerprint density at radius 3 is 2.30 bits per heavy atom. The van der Waals surface area contributed by atoms with Gasteiger partial charge in [-0.25, -0.2) is 8.78 Å². The van der Waals surface area contributed by atoms with Crippen LogP contribution in [0.25, 0.3) is 0 Å². The highest BCUT2D eigenvalue weighted by atomic mass is 35.5. The van der Waals surface area contributed by atoms with Crippen molar-refractivity contribution in [3.05, 3.63) is 98.0 Å². The number of hydrogen-bond acceptors (Lipinski definition) is 3. The van der Waals surface area contributed by atoms with Gasteiger partial charge in [0.1, 0.15) is 17.0 Å². The minimum atomic E-state index is -1.67. The minimum absolute atomic E-state index is 0.0443. The van der Waals surface area contributed by atoms with Gasteiger partial charge in [0, 0.05) is 28.2 Å². The number of nitrogens with zero attached hydrogens (tertiary/aromatic N) is 1. The standard InChI is InChI=1S/C32H33Cl2F2N3O/c1-17-12-21(13-18(2)19(17)3)38-30(40)29-27(22-8-7-9-24(34)28(22)36)32(16-37,26(39-29)15-31(4,5)6)23-11-10-20(33)14-25(23)35/h7-14,26-27,29,39H,15H2,1-6H3,(H,38,40). The van der Waals surface area contributed by atoms with Crippen LogP contribution in [0.1, 0.15) is 60.9 Å². The van der Waals surface area contributed by atoms with Crippen molar-refractivity contribution in [2.24, 2.45) is 5.41 Å². The molecule has 0 aliphatic carbocycles. The van der Waals surface area contributed by atoms with E-state index in [1.807, 2.05) is 53.7 Å². The summed E-state index contributed by atoms with van der Waals surface area (Å²) in [6.07, 6.45) is 0.397. The lowest BCUT2D eigenvalue weighted by molar-refractivity contribution is -0.118. The van der Waals surface area contributed by atoms with E-state index >= 15 is 8.78 Å². The number of nitrogens with one attached hydrogen (secondary N) is 2. The van der Waals surface area contributed by atoms with Gasteiger partial charge in [0.2, 0.25) is 5.91 Å². The topological polar surface area (TPSA) is 64.9 Å². The summed E-state index contributed by atoms with van der Waals surface area (Å²) in [5.41, 5.74) is 1.82. The molecule has 2 N–H and O–H groups in total. The Morgan fingerprint density at radius 1 is 1.07 bits per heavy atom. The van der Waals surface area contributed by atoms with Gasteiger partial charge in [-0.15, -0.1) is 0 Å². The number of carbonyl (C=O) groups excluding carboxylic acids is 1. The SMILES string of the molecule is Cc1cc(NC(=O)C2NC(CC(C)(C)C)C(C#N)(c3ccc(Cl)cc3F)C2c2cccc(Cl)c2F)cc(C)c1C. The van der Waals surface area contributed by atoms with Crippen LogP contribution < -0.4 is 10.6 Å². The molecule has 210 valence electrons. The fraction of sp³-hybridized carbons (Fsp3) is 0.375. The zero-order chi connectivity index (χ0) is 29.6. The molecule has 0 radical (unpaired) electrons. The highest BCUT2D eigenvalue weighted by molar-refractivity contribution is 6.31. The molecule has 40 heavy (non-hydrogen) atoms. The summed E-state index contributed by atoms with van der Waals surface area (Å²) < 4.78 is 31.5. The zero-order valence-corrected chi connectivity index (χ0v) is 24.9. The van der Waals surface area contributed by atoms with Crippen LogP contribution in [0.3, 0.4) is 0 Å². The lowest BCUT2D eigenvalue weighted by Crippen LogP contribution is -2.45. The second kappa shape index (κ2) is 11.1. The summed E-state index contributed by atoms with van der Waals surface area (Å²) >= 11 is 12.3. The lowest BCUT2D eigenvalue weighted by atomic mass is 9.62. The van der Waals surface area contributed by atoms with Crippen LogP contribution in [-0.2, 0) is 10.2 Å². The van der Waals surface area contributed by atoms with E-state index in [9.17, 15) is 10.1 Å². The first kappa shape index (κ1) is 30.0. The molecule has 3 aromatic carbocycles. The lowest BCUT2D eigenvalue weighted by Gasteiger charge is -2.37. The van der Waals surface area contributed by atoms with Gasteiger partial charge < -0.3 is 10.6 Å². The molecule has 1 aliphatic rings. The van der Waals surface area contributed by atoms with Gasteiger partial charge in [0.05, 0.1) is 17.1 Å². The number of carbonyl (C=O) groups is 1. The Morgan fingerprint density at radius 2 is 1.73 bits per heavy atom. The smallest absolute Gasteiger partial charge is 0.242 e. The van der Waals surface area contributed by atoms with Crippen molar-refractivity contribution in [1.82, 2.24) is 5.32 Å². The van der Waals surface area contributed by atoms with Crippen LogP contribution in [0.2, 0.25) is 10.0 Å². The van der Waals surface area contributed by atoms with E-state index in [1.165, 1.54) is 24.3 Å². The van der Waals surface area contributed by atoms with Crippen molar-refractivity contribution in [2.45, 2.75) is 71.4 Å². The molecule has 1 heterocycles. The fourth-order valence-electron chi connectivity index (χ4n) is 5.88. The Kier molecular flexibility index (Phi) is 8.34. The molecule has 0 saturated carbocycles. The highest BCUT2D eigenvalue weighted by Crippen LogP contribution is 2.52. The molecular formula is C32H33Cl2F2N3O. The summed E-state index contributed by atoms with van der Waals surface area (Å²) in [5.74, 6) is -3.03. The van der Waals surface area contributed by atoms with Crippen molar-refractivity contribution in [1.29, 1.82) is 5.26 Å². The zero-order valence-electron chi connectivity index (χ0n) is 23.4. The van der Waals surface area contributed by atoms with Gasteiger partial charge >= 0.3 is 0 Å². The van der Waals surface area contributed by atoms with Crippen molar-refractivity contribution < 1.29 is 13.6 Å². The first-order valence-corrected chi connectivity index (χ1v) is 13.9. The molecule has 0 bridgehead atoms. The van der Waals surface area contributed by atoms with Crippen molar-refractivity contribution in [3.63, 3.8) is 0 Å². The number of nitriles is 1. The predicted octanol–water partition coefficient (Wildman–Crippen LogP) is 8.16. The van der Waals surface area contributed by atoms with E-state index in [0.29, 0.717) is 12.1 Å². The largest absolute Gasteiger partial charge is 0.325 e. The Bertz CT molecular complexity index is 1490. The molecule has 1 fully saturated rings. The molecular weight excluding hydrogens is 551 g/mol. The summed E-state index contributed by atoms with van der Waals surface area (Å²) in [4.78, 5) is 14.0. The van der Waals surface area contributed by atoms with Crippen LogP contribution in [0.15, 0.2) is 48.5 Å². The third kappa shape index (κ3) is 5.48. The Hall–Kier alpha value is -2.98. The maximum absolute atomic E-state index is 15.8. The maximum Gasteiger partial charge on any atom is 0.242 e. The second-order valence-electron chi connectivity index (χ2n) is 11.9. The summed E-state index contributed by atoms with van der Waals surface area (Å²) in [6.45, 7) is 11.9. The Balaban J connectivity index is 1.96. The summed E-state index contributed by atoms with van der Waals surface area (Å²) in [7, 11) is 0. The van der Waals surface area contributed by atoms with Crippen molar-refractivity contribution in [3.8, 4) is 6.07 Å². The summed E-state index contributed by atoms with van der Waals surface area (Å²) in [5, 5.41) is 17.3. The molecule has 0 spiro atoms. The van der Waals surface area contributed by atoms with Gasteiger partial charge in [0.25, 0.3) is 0 Å². The van der Waals surface area contributed by atoms with Gasteiger partial charge in [-0.3, -0.25) is 4.79 Å². The maximum atomic E-state index is 15.8. The normalized spacial score (nSPS) is 22.7. The highest BCUT2D eigenvalue weighted by Gasteiger charge is 2.61. The van der Waals surface area contributed by atoms with Crippen LogP contribution in [0, 0.1) is 49.2 Å². The van der Waals surface area contributed by atoms with Crippen molar-refractivity contribution in [2.75, 3.05) is 5.32 Å². The van der Waals surface area contributed by atoms with Crippen LogP contribution in [-0.4, -0.2) is 18.0 Å². The predicted molar refractivity (Wildman–Crippen MR) is 157 cm³/mol. The van der Waals surface area contributed by atoms with Gasteiger partial charge in [-0.2, -0.15) is 5.26 Å². The van der Waals surface area contributed by atoms with Gasteiger partial charge in [-0.05, 0) is 85.2 Å².